The molecule has 0 atom stereocenters. The molecule has 0 aromatic carbocycles. The van der Waals surface area contributed by atoms with Crippen LogP contribution in [0.25, 0.3) is 10.7 Å². The van der Waals surface area contributed by atoms with Crippen LogP contribution in [0, 0.1) is 24.2 Å². The van der Waals surface area contributed by atoms with Crippen LogP contribution in [0.3, 0.4) is 0 Å². The van der Waals surface area contributed by atoms with Crippen LogP contribution in [0.15, 0.2) is 12.1 Å². The zero-order valence-electron chi connectivity index (χ0n) is 7.73. The highest BCUT2D eigenvalue weighted by Gasteiger charge is 2.09. The molecule has 0 aliphatic heterocycles. The lowest BCUT2D eigenvalue weighted by Gasteiger charge is -1.95. The van der Waals surface area contributed by atoms with Crippen LogP contribution < -0.4 is 0 Å². The first kappa shape index (κ1) is 9.68. The first-order chi connectivity index (χ1) is 7.20. The summed E-state index contributed by atoms with van der Waals surface area (Å²) in [4.78, 5) is 7.72. The van der Waals surface area contributed by atoms with E-state index in [2.05, 4.69) is 14.3 Å². The number of nitrogens with zero attached hydrogens (tertiary/aromatic N) is 4. The van der Waals surface area contributed by atoms with Gasteiger partial charge in [0.2, 0.25) is 5.95 Å². The molecule has 2 heterocycles. The van der Waals surface area contributed by atoms with E-state index in [4.69, 9.17) is 5.26 Å². The molecular weight excluding hydrogens is 215 g/mol. The third kappa shape index (κ3) is 1.82. The Labute approximate surface area is 89.2 Å². The van der Waals surface area contributed by atoms with Gasteiger partial charge in [0.25, 0.3) is 0 Å². The maximum Gasteiger partial charge on any atom is 0.231 e. The Morgan fingerprint density at radius 3 is 2.73 bits per heavy atom. The van der Waals surface area contributed by atoms with E-state index in [1.165, 1.54) is 6.07 Å². The quantitative estimate of drug-likeness (QED) is 0.689. The highest BCUT2D eigenvalue weighted by Crippen LogP contribution is 2.20. The van der Waals surface area contributed by atoms with Crippen LogP contribution in [-0.4, -0.2) is 14.3 Å². The lowest BCUT2D eigenvalue weighted by atomic mass is 10.2. The maximum atomic E-state index is 13.2. The van der Waals surface area contributed by atoms with E-state index in [-0.39, 0.29) is 5.56 Å². The standard InChI is InChI=1S/C9H5FN4S/c1-5-12-9(15-14-5)7-3-2-6(4-11)8(10)13-7/h2-3H,1H3. The van der Waals surface area contributed by atoms with Crippen molar-refractivity contribution in [1.29, 1.82) is 5.26 Å². The van der Waals surface area contributed by atoms with Crippen LogP contribution in [0.4, 0.5) is 4.39 Å². The van der Waals surface area contributed by atoms with Crippen molar-refractivity contribution in [1.82, 2.24) is 14.3 Å². The van der Waals surface area contributed by atoms with Gasteiger partial charge >= 0.3 is 0 Å². The predicted molar refractivity (Wildman–Crippen MR) is 52.6 cm³/mol. The molecule has 15 heavy (non-hydrogen) atoms. The van der Waals surface area contributed by atoms with Gasteiger partial charge in [-0.15, -0.1) is 0 Å². The van der Waals surface area contributed by atoms with Crippen molar-refractivity contribution in [2.45, 2.75) is 6.92 Å². The van der Waals surface area contributed by atoms with E-state index in [9.17, 15) is 4.39 Å². The lowest BCUT2D eigenvalue weighted by Crippen LogP contribution is -1.91. The van der Waals surface area contributed by atoms with Gasteiger partial charge in [-0.25, -0.2) is 9.97 Å². The van der Waals surface area contributed by atoms with Gasteiger partial charge in [0, 0.05) is 0 Å². The molecular formula is C9H5FN4S. The summed E-state index contributed by atoms with van der Waals surface area (Å²) in [6.45, 7) is 1.75. The van der Waals surface area contributed by atoms with E-state index in [0.29, 0.717) is 16.5 Å². The van der Waals surface area contributed by atoms with Crippen LogP contribution >= 0.6 is 11.5 Å². The Morgan fingerprint density at radius 2 is 2.20 bits per heavy atom. The number of nitriles is 1. The SMILES string of the molecule is Cc1nsc(-c2ccc(C#N)c(F)n2)n1. The summed E-state index contributed by atoms with van der Waals surface area (Å²) in [6, 6.07) is 4.65. The van der Waals surface area contributed by atoms with Crippen molar-refractivity contribution in [2.75, 3.05) is 0 Å². The summed E-state index contributed by atoms with van der Waals surface area (Å²) in [5.41, 5.74) is 0.331. The molecule has 0 amide bonds. The molecule has 2 rings (SSSR count). The highest BCUT2D eigenvalue weighted by molar-refractivity contribution is 7.09. The summed E-state index contributed by atoms with van der Waals surface area (Å²) in [7, 11) is 0. The summed E-state index contributed by atoms with van der Waals surface area (Å²) in [5.74, 6) is -0.149. The molecule has 0 fully saturated rings. The predicted octanol–water partition coefficient (Wildman–Crippen LogP) is 1.92. The summed E-state index contributed by atoms with van der Waals surface area (Å²) >= 11 is 1.15. The number of aromatic nitrogens is 3. The molecule has 2 aromatic rings. The van der Waals surface area contributed by atoms with Gasteiger partial charge in [-0.1, -0.05) is 0 Å². The molecule has 2 aromatic heterocycles. The van der Waals surface area contributed by atoms with Gasteiger partial charge in [0.05, 0.1) is 0 Å². The molecule has 0 aliphatic rings. The Bertz CT molecular complexity index is 543. The average molecular weight is 220 g/mol. The summed E-state index contributed by atoms with van der Waals surface area (Å²) in [6.07, 6.45) is 0. The molecule has 0 saturated carbocycles. The van der Waals surface area contributed by atoms with Gasteiger partial charge in [-0.3, -0.25) is 0 Å². The number of hydrogen-bond donors (Lipinski definition) is 0. The van der Waals surface area contributed by atoms with Crippen molar-refractivity contribution in [3.8, 4) is 16.8 Å². The normalized spacial score (nSPS) is 9.93. The van der Waals surface area contributed by atoms with Crippen LogP contribution in [-0.2, 0) is 0 Å². The second-order valence-corrected chi connectivity index (χ2v) is 3.55. The van der Waals surface area contributed by atoms with E-state index in [0.717, 1.165) is 11.5 Å². The monoisotopic (exact) mass is 220 g/mol. The fourth-order valence-electron chi connectivity index (χ4n) is 1.04. The van der Waals surface area contributed by atoms with Gasteiger partial charge in [0.15, 0.2) is 5.01 Å². The minimum atomic E-state index is -0.775. The maximum absolute atomic E-state index is 13.2. The number of rotatable bonds is 1. The average Bonchev–Trinajstić information content (AvgIpc) is 2.65. The molecule has 6 heteroatoms. The second-order valence-electron chi connectivity index (χ2n) is 2.79. The lowest BCUT2D eigenvalue weighted by molar-refractivity contribution is 0.581. The molecule has 4 nitrogen and oxygen atoms in total. The Morgan fingerprint density at radius 1 is 1.40 bits per heavy atom. The summed E-state index contributed by atoms with van der Waals surface area (Å²) < 4.78 is 17.1. The first-order valence-electron chi connectivity index (χ1n) is 4.08. The number of hydrogen-bond acceptors (Lipinski definition) is 5. The van der Waals surface area contributed by atoms with Gasteiger partial charge < -0.3 is 0 Å². The Kier molecular flexibility index (Phi) is 2.39. The zero-order valence-corrected chi connectivity index (χ0v) is 8.55. The molecule has 0 saturated heterocycles. The van der Waals surface area contributed by atoms with Crippen molar-refractivity contribution in [3.05, 3.63) is 29.5 Å². The first-order valence-corrected chi connectivity index (χ1v) is 4.85. The van der Waals surface area contributed by atoms with E-state index >= 15 is 0 Å². The van der Waals surface area contributed by atoms with Crippen molar-refractivity contribution in [3.63, 3.8) is 0 Å². The van der Waals surface area contributed by atoms with Crippen molar-refractivity contribution < 1.29 is 4.39 Å². The fraction of sp³-hybridized carbons (Fsp3) is 0.111. The van der Waals surface area contributed by atoms with Gasteiger partial charge in [-0.2, -0.15) is 14.0 Å². The fourth-order valence-corrected chi connectivity index (χ4v) is 1.68. The molecule has 0 spiro atoms. The van der Waals surface area contributed by atoms with Crippen LogP contribution in [0.5, 0.6) is 0 Å². The minimum absolute atomic E-state index is 0.0695. The van der Waals surface area contributed by atoms with Crippen molar-refractivity contribution in [2.24, 2.45) is 0 Å². The molecule has 0 unspecified atom stereocenters. The van der Waals surface area contributed by atoms with Crippen LogP contribution in [0.2, 0.25) is 0 Å². The Balaban J connectivity index is 2.48. The smallest absolute Gasteiger partial charge is 0.218 e. The molecule has 0 bridgehead atoms. The minimum Gasteiger partial charge on any atom is -0.218 e. The molecule has 0 N–H and O–H groups in total. The third-order valence-corrected chi connectivity index (χ3v) is 2.54. The second kappa shape index (κ2) is 3.71. The van der Waals surface area contributed by atoms with Gasteiger partial charge in [-0.05, 0) is 30.6 Å². The van der Waals surface area contributed by atoms with E-state index in [1.54, 1.807) is 19.1 Å². The van der Waals surface area contributed by atoms with E-state index in [1.807, 2.05) is 0 Å². The number of pyridine rings is 1. The van der Waals surface area contributed by atoms with Crippen molar-refractivity contribution >= 4 is 11.5 Å². The summed E-state index contributed by atoms with van der Waals surface area (Å²) in [5, 5.41) is 9.08. The topological polar surface area (TPSA) is 62.5 Å². The van der Waals surface area contributed by atoms with Gasteiger partial charge in [0.1, 0.15) is 23.2 Å². The third-order valence-electron chi connectivity index (χ3n) is 1.72. The molecule has 74 valence electrons. The highest BCUT2D eigenvalue weighted by atomic mass is 32.1. The van der Waals surface area contributed by atoms with Crippen LogP contribution in [0.1, 0.15) is 11.4 Å². The Hall–Kier alpha value is -1.87. The zero-order chi connectivity index (χ0) is 10.8. The van der Waals surface area contributed by atoms with E-state index < -0.39 is 5.95 Å². The molecule has 0 radical (unpaired) electrons. The molecule has 0 aliphatic carbocycles. The largest absolute Gasteiger partial charge is 0.231 e. The number of halogens is 1. The number of aryl methyl sites for hydroxylation is 1.